The van der Waals surface area contributed by atoms with Crippen LogP contribution in [-0.2, 0) is 6.54 Å². The molecule has 2 aromatic carbocycles. The van der Waals surface area contributed by atoms with Gasteiger partial charge in [0, 0.05) is 24.1 Å². The number of anilines is 1. The average Bonchev–Trinajstić information content (AvgIpc) is 2.61. The van der Waals surface area contributed by atoms with Crippen molar-refractivity contribution in [3.8, 4) is 6.07 Å². The van der Waals surface area contributed by atoms with Crippen molar-refractivity contribution >= 4 is 21.6 Å². The molecular formula is C19H19BrFN3. The molecule has 0 aliphatic carbocycles. The highest BCUT2D eigenvalue weighted by molar-refractivity contribution is 9.10. The Morgan fingerprint density at radius 3 is 2.54 bits per heavy atom. The summed E-state index contributed by atoms with van der Waals surface area (Å²) >= 11 is 3.42. The van der Waals surface area contributed by atoms with Crippen LogP contribution in [0, 0.1) is 17.1 Å². The molecule has 0 atom stereocenters. The van der Waals surface area contributed by atoms with Gasteiger partial charge in [-0.25, -0.2) is 4.39 Å². The summed E-state index contributed by atoms with van der Waals surface area (Å²) < 4.78 is 14.3. The van der Waals surface area contributed by atoms with Gasteiger partial charge in [-0.1, -0.05) is 30.3 Å². The van der Waals surface area contributed by atoms with Gasteiger partial charge in [0.2, 0.25) is 0 Å². The molecule has 3 nitrogen and oxygen atoms in total. The van der Waals surface area contributed by atoms with Gasteiger partial charge in [0.1, 0.15) is 11.4 Å². The minimum Gasteiger partial charge on any atom is -0.366 e. The number of nitriles is 1. The van der Waals surface area contributed by atoms with Gasteiger partial charge in [0.05, 0.1) is 11.8 Å². The third-order valence-electron chi connectivity index (χ3n) is 4.47. The number of rotatable bonds is 4. The molecule has 24 heavy (non-hydrogen) atoms. The van der Waals surface area contributed by atoms with Crippen LogP contribution in [0.5, 0.6) is 0 Å². The van der Waals surface area contributed by atoms with Crippen LogP contribution in [0.3, 0.4) is 0 Å². The van der Waals surface area contributed by atoms with Gasteiger partial charge >= 0.3 is 0 Å². The third kappa shape index (κ3) is 3.95. The molecule has 1 aliphatic rings. The summed E-state index contributed by atoms with van der Waals surface area (Å²) in [7, 11) is 0. The first-order valence-corrected chi connectivity index (χ1v) is 8.80. The van der Waals surface area contributed by atoms with Crippen molar-refractivity contribution in [1.29, 1.82) is 5.26 Å². The van der Waals surface area contributed by atoms with Gasteiger partial charge in [-0.3, -0.25) is 4.90 Å². The molecule has 3 rings (SSSR count). The van der Waals surface area contributed by atoms with E-state index in [1.165, 1.54) is 17.7 Å². The number of hydrogen-bond donors (Lipinski definition) is 1. The number of nitrogens with zero attached hydrogens (tertiary/aromatic N) is 2. The van der Waals surface area contributed by atoms with Crippen LogP contribution in [0.4, 0.5) is 10.1 Å². The van der Waals surface area contributed by atoms with E-state index in [-0.39, 0.29) is 5.82 Å². The molecule has 0 spiro atoms. The summed E-state index contributed by atoms with van der Waals surface area (Å²) in [6, 6.07) is 17.2. The van der Waals surface area contributed by atoms with Crippen molar-refractivity contribution in [1.82, 2.24) is 4.90 Å². The van der Waals surface area contributed by atoms with E-state index < -0.39 is 5.54 Å². The summed E-state index contributed by atoms with van der Waals surface area (Å²) in [6.07, 6.45) is 1.42. The molecule has 124 valence electrons. The van der Waals surface area contributed by atoms with Gasteiger partial charge in [-0.05, 0) is 52.5 Å². The summed E-state index contributed by atoms with van der Waals surface area (Å²) in [6.45, 7) is 2.57. The third-order valence-corrected chi connectivity index (χ3v) is 5.17. The van der Waals surface area contributed by atoms with Crippen LogP contribution < -0.4 is 5.32 Å². The first-order valence-electron chi connectivity index (χ1n) is 8.01. The fraction of sp³-hybridized carbons (Fsp3) is 0.316. The van der Waals surface area contributed by atoms with E-state index >= 15 is 0 Å². The molecule has 1 aliphatic heterocycles. The zero-order chi connectivity index (χ0) is 17.0. The van der Waals surface area contributed by atoms with Crippen molar-refractivity contribution < 1.29 is 4.39 Å². The monoisotopic (exact) mass is 387 g/mol. The maximum Gasteiger partial charge on any atom is 0.127 e. The SMILES string of the molecule is N#CC1(Nc2cc(F)ccc2Br)CCN(Cc2ccccc2)CC1. The first-order chi connectivity index (χ1) is 11.6. The summed E-state index contributed by atoms with van der Waals surface area (Å²) in [4.78, 5) is 2.35. The molecule has 0 unspecified atom stereocenters. The predicted molar refractivity (Wildman–Crippen MR) is 97.0 cm³/mol. The fourth-order valence-electron chi connectivity index (χ4n) is 3.05. The molecule has 0 aromatic heterocycles. The van der Waals surface area contributed by atoms with Gasteiger partial charge in [0.25, 0.3) is 0 Å². The molecule has 0 saturated carbocycles. The van der Waals surface area contributed by atoms with E-state index in [1.54, 1.807) is 6.07 Å². The van der Waals surface area contributed by atoms with E-state index in [4.69, 9.17) is 0 Å². The highest BCUT2D eigenvalue weighted by Gasteiger charge is 2.35. The van der Waals surface area contributed by atoms with E-state index in [0.29, 0.717) is 18.5 Å². The lowest BCUT2D eigenvalue weighted by molar-refractivity contribution is 0.189. The van der Waals surface area contributed by atoms with E-state index in [1.807, 2.05) is 18.2 Å². The Balaban J connectivity index is 1.66. The Labute approximate surface area is 150 Å². The first kappa shape index (κ1) is 16.9. The van der Waals surface area contributed by atoms with Crippen molar-refractivity contribution in [2.45, 2.75) is 24.9 Å². The molecule has 1 heterocycles. The van der Waals surface area contributed by atoms with Crippen LogP contribution in [-0.4, -0.2) is 23.5 Å². The maximum absolute atomic E-state index is 13.5. The summed E-state index contributed by atoms with van der Waals surface area (Å²) in [5, 5.41) is 13.0. The Hall–Kier alpha value is -1.90. The van der Waals surface area contributed by atoms with Crippen LogP contribution >= 0.6 is 15.9 Å². The van der Waals surface area contributed by atoms with Crippen molar-refractivity contribution in [3.63, 3.8) is 0 Å². The topological polar surface area (TPSA) is 39.1 Å². The Kier molecular flexibility index (Phi) is 5.17. The largest absolute Gasteiger partial charge is 0.366 e. The molecule has 1 N–H and O–H groups in total. The van der Waals surface area contributed by atoms with Crippen LogP contribution in [0.1, 0.15) is 18.4 Å². The lowest BCUT2D eigenvalue weighted by atomic mass is 9.88. The van der Waals surface area contributed by atoms with Crippen LogP contribution in [0.2, 0.25) is 0 Å². The second-order valence-electron chi connectivity index (χ2n) is 6.20. The zero-order valence-corrected chi connectivity index (χ0v) is 14.9. The Morgan fingerprint density at radius 2 is 1.88 bits per heavy atom. The molecule has 1 fully saturated rings. The van der Waals surface area contributed by atoms with Crippen molar-refractivity contribution in [3.05, 3.63) is 64.4 Å². The molecule has 2 aromatic rings. The lowest BCUT2D eigenvalue weighted by Gasteiger charge is -2.38. The number of hydrogen-bond acceptors (Lipinski definition) is 3. The highest BCUT2D eigenvalue weighted by Crippen LogP contribution is 2.31. The van der Waals surface area contributed by atoms with Crippen LogP contribution in [0.25, 0.3) is 0 Å². The predicted octanol–water partition coefficient (Wildman–Crippen LogP) is 4.56. The van der Waals surface area contributed by atoms with Gasteiger partial charge in [-0.15, -0.1) is 0 Å². The molecule has 0 amide bonds. The minimum atomic E-state index is -0.649. The quantitative estimate of drug-likeness (QED) is 0.835. The lowest BCUT2D eigenvalue weighted by Crippen LogP contribution is -2.48. The Bertz CT molecular complexity index is 734. The maximum atomic E-state index is 13.5. The minimum absolute atomic E-state index is 0.310. The van der Waals surface area contributed by atoms with Gasteiger partial charge < -0.3 is 5.32 Å². The number of likely N-dealkylation sites (tertiary alicyclic amines) is 1. The summed E-state index contributed by atoms with van der Waals surface area (Å²) in [5.41, 5.74) is 1.26. The van der Waals surface area contributed by atoms with E-state index in [0.717, 1.165) is 24.1 Å². The standard InChI is InChI=1S/C19H19BrFN3/c20-17-7-6-16(21)12-18(17)23-19(14-22)8-10-24(11-9-19)13-15-4-2-1-3-5-15/h1-7,12,23H,8-11,13H2. The van der Waals surface area contributed by atoms with E-state index in [2.05, 4.69) is 44.3 Å². The average molecular weight is 388 g/mol. The van der Waals surface area contributed by atoms with Gasteiger partial charge in [0.15, 0.2) is 0 Å². The molecular weight excluding hydrogens is 369 g/mol. The molecule has 0 radical (unpaired) electrons. The van der Waals surface area contributed by atoms with Gasteiger partial charge in [-0.2, -0.15) is 5.26 Å². The molecule has 0 bridgehead atoms. The summed E-state index contributed by atoms with van der Waals surface area (Å²) in [5.74, 6) is -0.310. The highest BCUT2D eigenvalue weighted by atomic mass is 79.9. The normalized spacial score (nSPS) is 17.2. The number of nitrogens with one attached hydrogen (secondary N) is 1. The number of piperidine rings is 1. The number of halogens is 2. The number of benzene rings is 2. The molecule has 1 saturated heterocycles. The second-order valence-corrected chi connectivity index (χ2v) is 7.06. The smallest absolute Gasteiger partial charge is 0.127 e. The van der Waals surface area contributed by atoms with Crippen molar-refractivity contribution in [2.75, 3.05) is 18.4 Å². The van der Waals surface area contributed by atoms with E-state index in [9.17, 15) is 9.65 Å². The zero-order valence-electron chi connectivity index (χ0n) is 13.3. The molecule has 5 heteroatoms. The van der Waals surface area contributed by atoms with Crippen LogP contribution in [0.15, 0.2) is 53.0 Å². The van der Waals surface area contributed by atoms with Crippen molar-refractivity contribution in [2.24, 2.45) is 0 Å². The second kappa shape index (κ2) is 7.33. The fourth-order valence-corrected chi connectivity index (χ4v) is 3.40. The Morgan fingerprint density at radius 1 is 1.17 bits per heavy atom.